The van der Waals surface area contributed by atoms with Crippen molar-refractivity contribution in [3.05, 3.63) is 69.2 Å². The molecule has 7 heteroatoms. The van der Waals surface area contributed by atoms with Gasteiger partial charge in [-0.25, -0.2) is 0 Å². The third-order valence-corrected chi connectivity index (χ3v) is 5.27. The largest absolute Gasteiger partial charge is 0.393 e. The van der Waals surface area contributed by atoms with Gasteiger partial charge in [0.15, 0.2) is 0 Å². The van der Waals surface area contributed by atoms with Crippen molar-refractivity contribution < 1.29 is 14.7 Å². The number of primary amides is 2. The van der Waals surface area contributed by atoms with Crippen LogP contribution in [0.2, 0.25) is 10.0 Å². The molecule has 0 aromatic heterocycles. The fourth-order valence-electron chi connectivity index (χ4n) is 3.02. The van der Waals surface area contributed by atoms with E-state index in [1.165, 1.54) is 6.07 Å². The van der Waals surface area contributed by atoms with Crippen molar-refractivity contribution in [3.8, 4) is 0 Å². The Hall–Kier alpha value is -2.08. The van der Waals surface area contributed by atoms with Crippen LogP contribution in [0.4, 0.5) is 0 Å². The summed E-state index contributed by atoms with van der Waals surface area (Å²) in [6, 6.07) is 12.9. The Morgan fingerprint density at radius 3 is 2.30 bits per heavy atom. The maximum absolute atomic E-state index is 11.9. The van der Waals surface area contributed by atoms with Gasteiger partial charge >= 0.3 is 0 Å². The monoisotopic (exact) mass is 408 g/mol. The van der Waals surface area contributed by atoms with Gasteiger partial charge in [-0.05, 0) is 42.9 Å². The summed E-state index contributed by atoms with van der Waals surface area (Å²) >= 11 is 12.0. The Morgan fingerprint density at radius 2 is 1.70 bits per heavy atom. The number of carbonyl (C=O) groups excluding carboxylic acids is 2. The summed E-state index contributed by atoms with van der Waals surface area (Å²) in [7, 11) is 0. The molecule has 0 aliphatic rings. The molecule has 144 valence electrons. The van der Waals surface area contributed by atoms with E-state index < -0.39 is 23.8 Å². The van der Waals surface area contributed by atoms with Gasteiger partial charge in [0.05, 0.1) is 21.7 Å². The van der Waals surface area contributed by atoms with Gasteiger partial charge < -0.3 is 16.6 Å². The number of amides is 2. The van der Waals surface area contributed by atoms with E-state index in [0.717, 1.165) is 5.56 Å². The second-order valence-corrected chi connectivity index (χ2v) is 7.26. The number of halogens is 2. The van der Waals surface area contributed by atoms with Crippen molar-refractivity contribution >= 4 is 35.0 Å². The first-order valence-electron chi connectivity index (χ1n) is 8.57. The zero-order valence-corrected chi connectivity index (χ0v) is 16.2. The molecule has 2 atom stereocenters. The molecule has 0 aliphatic carbocycles. The highest BCUT2D eigenvalue weighted by Crippen LogP contribution is 2.30. The summed E-state index contributed by atoms with van der Waals surface area (Å²) in [5.41, 5.74) is 12.6. The lowest BCUT2D eigenvalue weighted by Crippen LogP contribution is -2.30. The number of aliphatic hydroxyl groups is 1. The topological polar surface area (TPSA) is 106 Å². The summed E-state index contributed by atoms with van der Waals surface area (Å²) < 4.78 is 0. The van der Waals surface area contributed by atoms with Gasteiger partial charge in [-0.1, -0.05) is 59.6 Å². The third-order valence-electron chi connectivity index (χ3n) is 4.46. The van der Waals surface area contributed by atoms with Crippen molar-refractivity contribution in [2.24, 2.45) is 17.4 Å². The second kappa shape index (κ2) is 9.74. The lowest BCUT2D eigenvalue weighted by Gasteiger charge is -2.19. The Morgan fingerprint density at radius 1 is 1.04 bits per heavy atom. The molecule has 0 saturated heterocycles. The van der Waals surface area contributed by atoms with Crippen LogP contribution in [0, 0.1) is 5.92 Å². The fourth-order valence-corrected chi connectivity index (χ4v) is 3.45. The second-order valence-electron chi connectivity index (χ2n) is 6.48. The van der Waals surface area contributed by atoms with Gasteiger partial charge in [0.25, 0.3) is 5.91 Å². The number of aliphatic hydroxyl groups excluding tert-OH is 1. The van der Waals surface area contributed by atoms with E-state index in [-0.39, 0.29) is 28.5 Å². The van der Waals surface area contributed by atoms with Gasteiger partial charge in [0, 0.05) is 5.92 Å². The molecule has 0 heterocycles. The summed E-state index contributed by atoms with van der Waals surface area (Å²) in [6.07, 6.45) is 0.806. The molecule has 0 spiro atoms. The highest BCUT2D eigenvalue weighted by Gasteiger charge is 2.24. The van der Waals surface area contributed by atoms with Gasteiger partial charge in [-0.3, -0.25) is 9.59 Å². The zero-order valence-electron chi connectivity index (χ0n) is 14.7. The molecule has 0 unspecified atom stereocenters. The molecule has 5 nitrogen and oxygen atoms in total. The average Bonchev–Trinajstić information content (AvgIpc) is 2.63. The van der Waals surface area contributed by atoms with Crippen molar-refractivity contribution in [1.29, 1.82) is 0 Å². The van der Waals surface area contributed by atoms with E-state index in [1.807, 2.05) is 30.3 Å². The summed E-state index contributed by atoms with van der Waals surface area (Å²) in [4.78, 5) is 23.6. The number of hydrogen-bond donors (Lipinski definition) is 3. The van der Waals surface area contributed by atoms with Crippen molar-refractivity contribution in [1.82, 2.24) is 0 Å². The summed E-state index contributed by atoms with van der Waals surface area (Å²) in [5.74, 6) is -1.95. The number of carbonyl (C=O) groups is 2. The Balaban J connectivity index is 2.09. The number of aryl methyl sites for hydroxylation is 1. The van der Waals surface area contributed by atoms with Crippen molar-refractivity contribution in [2.75, 3.05) is 0 Å². The van der Waals surface area contributed by atoms with Crippen LogP contribution < -0.4 is 11.5 Å². The number of benzene rings is 2. The molecule has 0 radical (unpaired) electrons. The highest BCUT2D eigenvalue weighted by atomic mass is 35.5. The van der Waals surface area contributed by atoms with Gasteiger partial charge in [0.1, 0.15) is 0 Å². The smallest absolute Gasteiger partial charge is 0.250 e. The molecule has 0 bridgehead atoms. The summed E-state index contributed by atoms with van der Waals surface area (Å²) in [6.45, 7) is 0. The predicted molar refractivity (Wildman–Crippen MR) is 107 cm³/mol. The van der Waals surface area contributed by atoms with Crippen LogP contribution in [0.3, 0.4) is 0 Å². The minimum absolute atomic E-state index is 0.0505. The SMILES string of the molecule is NC(=O)c1c(C[C@@H](C[C@@H](O)CCc2ccccc2)C(N)=O)ccc(Cl)c1Cl. The molecule has 5 N–H and O–H groups in total. The van der Waals surface area contributed by atoms with E-state index in [1.54, 1.807) is 6.07 Å². The van der Waals surface area contributed by atoms with E-state index in [9.17, 15) is 14.7 Å². The first-order chi connectivity index (χ1) is 12.8. The molecule has 0 saturated carbocycles. The van der Waals surface area contributed by atoms with Crippen molar-refractivity contribution in [2.45, 2.75) is 31.8 Å². The zero-order chi connectivity index (χ0) is 20.0. The van der Waals surface area contributed by atoms with E-state index in [4.69, 9.17) is 34.7 Å². The standard InChI is InChI=1S/C20H22Cl2N2O3/c21-16-9-7-13(17(18(16)22)20(24)27)10-14(19(23)26)11-15(25)8-6-12-4-2-1-3-5-12/h1-5,7,9,14-15,25H,6,8,10-11H2,(H2,23,26)(H2,24,27)/t14-,15-/m0/s1. The highest BCUT2D eigenvalue weighted by molar-refractivity contribution is 6.44. The number of rotatable bonds is 9. The quantitative estimate of drug-likeness (QED) is 0.592. The van der Waals surface area contributed by atoms with Crippen molar-refractivity contribution in [3.63, 3.8) is 0 Å². The van der Waals surface area contributed by atoms with Crippen LogP contribution in [0.1, 0.15) is 34.3 Å². The molecule has 0 fully saturated rings. The van der Waals surface area contributed by atoms with Crippen LogP contribution in [0.15, 0.2) is 42.5 Å². The predicted octanol–water partition coefficient (Wildman–Crippen LogP) is 3.12. The molecule has 2 amide bonds. The third kappa shape index (κ3) is 5.96. The fraction of sp³-hybridized carbons (Fsp3) is 0.300. The maximum atomic E-state index is 11.9. The normalized spacial score (nSPS) is 13.1. The number of nitrogens with two attached hydrogens (primary N) is 2. The average molecular weight is 409 g/mol. The van der Waals surface area contributed by atoms with Crippen LogP contribution in [-0.2, 0) is 17.6 Å². The van der Waals surface area contributed by atoms with Gasteiger partial charge in [-0.2, -0.15) is 0 Å². The van der Waals surface area contributed by atoms with Crippen LogP contribution in [-0.4, -0.2) is 23.0 Å². The lowest BCUT2D eigenvalue weighted by atomic mass is 9.89. The minimum atomic E-state index is -0.731. The Kier molecular flexibility index (Phi) is 7.66. The first kappa shape index (κ1) is 21.2. The van der Waals surface area contributed by atoms with Crippen LogP contribution in [0.25, 0.3) is 0 Å². The molecular formula is C20H22Cl2N2O3. The lowest BCUT2D eigenvalue weighted by molar-refractivity contribution is -0.122. The maximum Gasteiger partial charge on any atom is 0.250 e. The van der Waals surface area contributed by atoms with Gasteiger partial charge in [-0.15, -0.1) is 0 Å². The van der Waals surface area contributed by atoms with Crippen LogP contribution >= 0.6 is 23.2 Å². The molecule has 0 aliphatic heterocycles. The Labute approximate surface area is 168 Å². The first-order valence-corrected chi connectivity index (χ1v) is 9.33. The molecular weight excluding hydrogens is 387 g/mol. The van der Waals surface area contributed by atoms with E-state index >= 15 is 0 Å². The van der Waals surface area contributed by atoms with Crippen LogP contribution in [0.5, 0.6) is 0 Å². The molecule has 27 heavy (non-hydrogen) atoms. The van der Waals surface area contributed by atoms with E-state index in [2.05, 4.69) is 0 Å². The minimum Gasteiger partial charge on any atom is -0.393 e. The van der Waals surface area contributed by atoms with E-state index in [0.29, 0.717) is 18.4 Å². The number of hydrogen-bond acceptors (Lipinski definition) is 3. The summed E-state index contributed by atoms with van der Waals surface area (Å²) in [5, 5.41) is 10.6. The Bertz CT molecular complexity index is 812. The molecule has 2 rings (SSSR count). The van der Waals surface area contributed by atoms with Gasteiger partial charge in [0.2, 0.25) is 5.91 Å². The molecule has 2 aromatic rings. The molecule has 2 aromatic carbocycles.